The highest BCUT2D eigenvalue weighted by molar-refractivity contribution is 6.30. The third-order valence-corrected chi connectivity index (χ3v) is 6.18. The van der Waals surface area contributed by atoms with E-state index in [2.05, 4.69) is 15.5 Å². The second kappa shape index (κ2) is 7.72. The first kappa shape index (κ1) is 20.7. The molecule has 5 rings (SSSR count). The third kappa shape index (κ3) is 3.27. The Balaban J connectivity index is 1.70. The molecule has 2 aliphatic heterocycles. The van der Waals surface area contributed by atoms with Gasteiger partial charge in [0.1, 0.15) is 11.5 Å². The number of benzene rings is 1. The summed E-state index contributed by atoms with van der Waals surface area (Å²) in [6.45, 7) is 6.62. The van der Waals surface area contributed by atoms with Gasteiger partial charge in [0.15, 0.2) is 5.65 Å². The van der Waals surface area contributed by atoms with Crippen LogP contribution in [0.3, 0.4) is 0 Å². The first-order chi connectivity index (χ1) is 15.3. The molecule has 164 valence electrons. The van der Waals surface area contributed by atoms with Crippen LogP contribution in [0.15, 0.2) is 47.8 Å². The molecule has 3 aromatic rings. The first-order valence-electron chi connectivity index (χ1n) is 10.4. The van der Waals surface area contributed by atoms with Crippen LogP contribution in [0.5, 0.6) is 0 Å². The monoisotopic (exact) mass is 450 g/mol. The number of fused-ring (bicyclic) bond motifs is 1. The Labute approximate surface area is 190 Å². The standard InChI is InChI=1S/C23H23ClN6O2/c1-12-8-18(9-29-14(3)27-28-22(12)29)30-21(15-4-6-16(24)7-5-15)19(13(2)25)20(23(30)31)26-17-10-32-11-17/h4-9,17,21,25-26H,10-11H2,1-3H3. The van der Waals surface area contributed by atoms with Crippen LogP contribution in [0.4, 0.5) is 5.69 Å². The number of carbonyl (C=O) groups is 1. The fourth-order valence-electron chi connectivity index (χ4n) is 4.28. The maximum absolute atomic E-state index is 13.8. The van der Waals surface area contributed by atoms with Crippen LogP contribution in [-0.4, -0.2) is 45.5 Å². The van der Waals surface area contributed by atoms with Gasteiger partial charge in [-0.05, 0) is 50.1 Å². The number of anilines is 1. The molecular formula is C23H23ClN6O2. The molecule has 4 heterocycles. The molecule has 9 heteroatoms. The molecule has 0 saturated carbocycles. The predicted molar refractivity (Wildman–Crippen MR) is 122 cm³/mol. The zero-order chi connectivity index (χ0) is 22.6. The lowest BCUT2D eigenvalue weighted by atomic mass is 9.95. The number of pyridine rings is 1. The minimum atomic E-state index is -0.464. The predicted octanol–water partition coefficient (Wildman–Crippen LogP) is 3.37. The second-order valence-corrected chi connectivity index (χ2v) is 8.68. The van der Waals surface area contributed by atoms with Crippen molar-refractivity contribution in [1.82, 2.24) is 19.9 Å². The van der Waals surface area contributed by atoms with Gasteiger partial charge >= 0.3 is 0 Å². The van der Waals surface area contributed by atoms with Crippen molar-refractivity contribution < 1.29 is 9.53 Å². The average molecular weight is 451 g/mol. The zero-order valence-electron chi connectivity index (χ0n) is 18.0. The van der Waals surface area contributed by atoms with E-state index >= 15 is 0 Å². The topological polar surface area (TPSA) is 95.6 Å². The smallest absolute Gasteiger partial charge is 0.275 e. The molecule has 1 atom stereocenters. The lowest BCUT2D eigenvalue weighted by Crippen LogP contribution is -2.47. The van der Waals surface area contributed by atoms with Crippen molar-refractivity contribution >= 4 is 34.6 Å². The second-order valence-electron chi connectivity index (χ2n) is 8.24. The van der Waals surface area contributed by atoms with Gasteiger partial charge in [-0.25, -0.2) is 0 Å². The molecule has 0 spiro atoms. The highest BCUT2D eigenvalue weighted by Crippen LogP contribution is 2.42. The Kier molecular flexibility index (Phi) is 4.98. The summed E-state index contributed by atoms with van der Waals surface area (Å²) in [7, 11) is 0. The molecule has 1 unspecified atom stereocenters. The fourth-order valence-corrected chi connectivity index (χ4v) is 4.41. The van der Waals surface area contributed by atoms with Crippen LogP contribution in [0.2, 0.25) is 5.02 Å². The maximum Gasteiger partial charge on any atom is 0.275 e. The highest BCUT2D eigenvalue weighted by Gasteiger charge is 2.43. The number of hydrogen-bond acceptors (Lipinski definition) is 6. The largest absolute Gasteiger partial charge is 0.377 e. The van der Waals surface area contributed by atoms with E-state index in [1.54, 1.807) is 24.0 Å². The summed E-state index contributed by atoms with van der Waals surface area (Å²) in [5, 5.41) is 20.9. The van der Waals surface area contributed by atoms with Crippen molar-refractivity contribution in [2.75, 3.05) is 18.1 Å². The molecule has 32 heavy (non-hydrogen) atoms. The van der Waals surface area contributed by atoms with Gasteiger partial charge in [0.2, 0.25) is 0 Å². The number of amides is 1. The molecule has 2 aromatic heterocycles. The molecule has 2 aliphatic rings. The number of ether oxygens (including phenoxy) is 1. The van der Waals surface area contributed by atoms with Crippen molar-refractivity contribution in [2.45, 2.75) is 32.9 Å². The summed E-state index contributed by atoms with van der Waals surface area (Å²) in [5.74, 6) is 0.559. The minimum absolute atomic E-state index is 0.0541. The molecule has 1 saturated heterocycles. The van der Waals surface area contributed by atoms with Crippen molar-refractivity contribution in [3.8, 4) is 0 Å². The van der Waals surface area contributed by atoms with E-state index in [0.717, 1.165) is 22.6 Å². The quantitative estimate of drug-likeness (QED) is 0.581. The number of halogens is 1. The minimum Gasteiger partial charge on any atom is -0.377 e. The van der Waals surface area contributed by atoms with Crippen LogP contribution in [-0.2, 0) is 9.53 Å². The van der Waals surface area contributed by atoms with Crippen LogP contribution in [0.1, 0.15) is 29.9 Å². The molecule has 1 fully saturated rings. The number of nitrogens with one attached hydrogen (secondary N) is 2. The van der Waals surface area contributed by atoms with Gasteiger partial charge in [0.05, 0.1) is 31.0 Å². The van der Waals surface area contributed by atoms with Crippen LogP contribution in [0.25, 0.3) is 5.65 Å². The molecule has 0 radical (unpaired) electrons. The van der Waals surface area contributed by atoms with Crippen LogP contribution < -0.4 is 10.2 Å². The van der Waals surface area contributed by atoms with Gasteiger partial charge in [-0.2, -0.15) is 0 Å². The SMILES string of the molecule is CC(=N)C1=C(NC2COC2)C(=O)N(c2cc(C)c3nnc(C)n3c2)C1c1ccc(Cl)cc1. The number of carbonyl (C=O) groups excluding carboxylic acids is 1. The average Bonchev–Trinajstić information content (AvgIpc) is 3.23. The molecule has 2 N–H and O–H groups in total. The zero-order valence-corrected chi connectivity index (χ0v) is 18.8. The molecule has 0 aliphatic carbocycles. The van der Waals surface area contributed by atoms with E-state index in [4.69, 9.17) is 21.7 Å². The van der Waals surface area contributed by atoms with Crippen LogP contribution >= 0.6 is 11.6 Å². The summed E-state index contributed by atoms with van der Waals surface area (Å²) in [6, 6.07) is 8.95. The van der Waals surface area contributed by atoms with Crippen molar-refractivity contribution in [2.24, 2.45) is 0 Å². The van der Waals surface area contributed by atoms with Gasteiger partial charge in [0.25, 0.3) is 5.91 Å². The first-order valence-corrected chi connectivity index (χ1v) is 10.8. The molecule has 0 bridgehead atoms. The van der Waals surface area contributed by atoms with Crippen molar-refractivity contribution in [3.05, 3.63) is 69.8 Å². The van der Waals surface area contributed by atoms with E-state index < -0.39 is 6.04 Å². The summed E-state index contributed by atoms with van der Waals surface area (Å²) in [4.78, 5) is 15.6. The maximum atomic E-state index is 13.8. The number of aryl methyl sites for hydroxylation is 2. The van der Waals surface area contributed by atoms with E-state index in [-0.39, 0.29) is 11.9 Å². The third-order valence-electron chi connectivity index (χ3n) is 5.93. The Hall–Kier alpha value is -3.23. The fraction of sp³-hybridized carbons (Fsp3) is 0.304. The highest BCUT2D eigenvalue weighted by atomic mass is 35.5. The number of hydrogen-bond donors (Lipinski definition) is 2. The number of aromatic nitrogens is 3. The molecule has 1 aromatic carbocycles. The van der Waals surface area contributed by atoms with Gasteiger partial charge in [-0.15, -0.1) is 10.2 Å². The summed E-state index contributed by atoms with van der Waals surface area (Å²) in [6.07, 6.45) is 1.88. The number of rotatable bonds is 5. The normalized spacial score (nSPS) is 19.1. The Morgan fingerprint density at radius 1 is 1.22 bits per heavy atom. The van der Waals surface area contributed by atoms with E-state index in [9.17, 15) is 4.79 Å². The lowest BCUT2D eigenvalue weighted by molar-refractivity contribution is -0.115. The summed E-state index contributed by atoms with van der Waals surface area (Å²) in [5.41, 5.74) is 4.69. The van der Waals surface area contributed by atoms with Crippen LogP contribution in [0, 0.1) is 19.3 Å². The van der Waals surface area contributed by atoms with Gasteiger partial charge in [-0.3, -0.25) is 14.1 Å². The van der Waals surface area contributed by atoms with E-state index in [1.165, 1.54) is 0 Å². The molecule has 8 nitrogen and oxygen atoms in total. The lowest BCUT2D eigenvalue weighted by Gasteiger charge is -2.29. The van der Waals surface area contributed by atoms with Gasteiger partial charge in [-0.1, -0.05) is 23.7 Å². The van der Waals surface area contributed by atoms with E-state index in [1.807, 2.05) is 42.6 Å². The van der Waals surface area contributed by atoms with E-state index in [0.29, 0.717) is 40.9 Å². The Bertz CT molecular complexity index is 1280. The summed E-state index contributed by atoms with van der Waals surface area (Å²) >= 11 is 6.14. The van der Waals surface area contributed by atoms with Gasteiger partial charge in [0, 0.05) is 22.5 Å². The Morgan fingerprint density at radius 3 is 2.56 bits per heavy atom. The summed E-state index contributed by atoms with van der Waals surface area (Å²) < 4.78 is 7.17. The number of nitrogens with zero attached hydrogens (tertiary/aromatic N) is 4. The Morgan fingerprint density at radius 2 is 1.94 bits per heavy atom. The molecular weight excluding hydrogens is 428 g/mol. The van der Waals surface area contributed by atoms with Crippen molar-refractivity contribution in [3.63, 3.8) is 0 Å². The molecule has 1 amide bonds. The van der Waals surface area contributed by atoms with Gasteiger partial charge < -0.3 is 15.5 Å². The van der Waals surface area contributed by atoms with Crippen molar-refractivity contribution in [1.29, 1.82) is 5.41 Å².